The highest BCUT2D eigenvalue weighted by Crippen LogP contribution is 2.29. The van der Waals surface area contributed by atoms with E-state index in [1.54, 1.807) is 13.2 Å². The number of anilines is 2. The van der Waals surface area contributed by atoms with Gasteiger partial charge in [-0.3, -0.25) is 0 Å². The number of amides is 2. The zero-order valence-electron chi connectivity index (χ0n) is 15.6. The highest BCUT2D eigenvalue weighted by molar-refractivity contribution is 5.93. The largest absolute Gasteiger partial charge is 0.497 e. The van der Waals surface area contributed by atoms with Crippen molar-refractivity contribution in [1.29, 1.82) is 0 Å². The molecule has 0 atom stereocenters. The van der Waals surface area contributed by atoms with Crippen molar-refractivity contribution in [3.05, 3.63) is 53.8 Å². The molecule has 0 radical (unpaired) electrons. The summed E-state index contributed by atoms with van der Waals surface area (Å²) < 4.78 is 18.8. The van der Waals surface area contributed by atoms with Crippen LogP contribution in [0.4, 0.5) is 20.6 Å². The molecule has 2 aromatic rings. The summed E-state index contributed by atoms with van der Waals surface area (Å²) >= 11 is 0. The molecule has 2 aromatic carbocycles. The summed E-state index contributed by atoms with van der Waals surface area (Å²) in [5, 5.41) is 5.64. The maximum absolute atomic E-state index is 13.7. The van der Waals surface area contributed by atoms with Crippen molar-refractivity contribution >= 4 is 17.4 Å². The molecule has 0 aliphatic carbocycles. The van der Waals surface area contributed by atoms with Gasteiger partial charge in [0, 0.05) is 19.6 Å². The number of rotatable bonds is 6. The van der Waals surface area contributed by atoms with Gasteiger partial charge in [-0.05, 0) is 61.6 Å². The van der Waals surface area contributed by atoms with Crippen LogP contribution in [0.5, 0.6) is 5.75 Å². The van der Waals surface area contributed by atoms with Crippen molar-refractivity contribution in [2.75, 3.05) is 37.0 Å². The summed E-state index contributed by atoms with van der Waals surface area (Å²) in [5.41, 5.74) is 2.50. The minimum absolute atomic E-state index is 0.327. The molecule has 1 fully saturated rings. The lowest BCUT2D eigenvalue weighted by Crippen LogP contribution is -2.33. The first-order chi connectivity index (χ1) is 13.2. The number of benzene rings is 2. The molecule has 1 aliphatic heterocycles. The van der Waals surface area contributed by atoms with Crippen molar-refractivity contribution in [1.82, 2.24) is 5.32 Å². The number of carbonyl (C=O) groups is 1. The van der Waals surface area contributed by atoms with Crippen LogP contribution in [-0.2, 0) is 6.42 Å². The third kappa shape index (κ3) is 5.36. The average Bonchev–Trinajstić information content (AvgIpc) is 2.69. The van der Waals surface area contributed by atoms with Gasteiger partial charge in [0.2, 0.25) is 0 Å². The second-order valence-electron chi connectivity index (χ2n) is 6.69. The van der Waals surface area contributed by atoms with E-state index in [9.17, 15) is 9.18 Å². The molecular formula is C21H26FN3O2. The van der Waals surface area contributed by atoms with E-state index in [1.807, 2.05) is 24.3 Å². The van der Waals surface area contributed by atoms with Gasteiger partial charge < -0.3 is 20.3 Å². The highest BCUT2D eigenvalue weighted by Gasteiger charge is 2.16. The Labute approximate surface area is 159 Å². The molecule has 0 aromatic heterocycles. The van der Waals surface area contributed by atoms with Crippen LogP contribution in [0.2, 0.25) is 0 Å². The first kappa shape index (κ1) is 19.0. The second kappa shape index (κ2) is 9.26. The van der Waals surface area contributed by atoms with Gasteiger partial charge in [-0.2, -0.15) is 0 Å². The van der Waals surface area contributed by atoms with Crippen LogP contribution in [0.25, 0.3) is 0 Å². The van der Waals surface area contributed by atoms with Crippen LogP contribution >= 0.6 is 0 Å². The predicted molar refractivity (Wildman–Crippen MR) is 106 cm³/mol. The summed E-state index contributed by atoms with van der Waals surface area (Å²) in [6.45, 7) is 2.35. The number of carbonyl (C=O) groups excluding carboxylic acids is 1. The Balaban J connectivity index is 1.55. The van der Waals surface area contributed by atoms with Crippen molar-refractivity contribution in [2.24, 2.45) is 0 Å². The van der Waals surface area contributed by atoms with Crippen molar-refractivity contribution in [3.63, 3.8) is 0 Å². The Kier molecular flexibility index (Phi) is 6.52. The number of hydrogen-bond acceptors (Lipinski definition) is 3. The third-order valence-corrected chi connectivity index (χ3v) is 4.76. The molecule has 0 bridgehead atoms. The van der Waals surface area contributed by atoms with E-state index in [1.165, 1.54) is 18.6 Å². The maximum atomic E-state index is 13.7. The molecule has 2 N–H and O–H groups in total. The SMILES string of the molecule is COc1ccc(CCNC(=O)Nc2cc(F)ccc2N2CCCCC2)cc1. The van der Waals surface area contributed by atoms with Gasteiger partial charge in [0.05, 0.1) is 18.5 Å². The van der Waals surface area contributed by atoms with Gasteiger partial charge in [-0.1, -0.05) is 12.1 Å². The van der Waals surface area contributed by atoms with Gasteiger partial charge in [0.1, 0.15) is 11.6 Å². The summed E-state index contributed by atoms with van der Waals surface area (Å²) in [4.78, 5) is 14.5. The molecule has 144 valence electrons. The Morgan fingerprint density at radius 1 is 1.11 bits per heavy atom. The number of nitrogens with zero attached hydrogens (tertiary/aromatic N) is 1. The zero-order valence-corrected chi connectivity index (χ0v) is 15.6. The fourth-order valence-corrected chi connectivity index (χ4v) is 3.30. The Morgan fingerprint density at radius 3 is 2.56 bits per heavy atom. The Bertz CT molecular complexity index is 759. The normalized spacial score (nSPS) is 13.9. The number of piperidine rings is 1. The van der Waals surface area contributed by atoms with E-state index in [-0.39, 0.29) is 11.8 Å². The number of urea groups is 1. The molecule has 1 saturated heterocycles. The number of hydrogen-bond donors (Lipinski definition) is 2. The standard InChI is InChI=1S/C21H26FN3O2/c1-27-18-8-5-16(6-9-18)11-12-23-21(26)24-19-15-17(22)7-10-20(19)25-13-3-2-4-14-25/h5-10,15H,2-4,11-14H2,1H3,(H2,23,24,26). The Morgan fingerprint density at radius 2 is 1.85 bits per heavy atom. The Hall–Kier alpha value is -2.76. The maximum Gasteiger partial charge on any atom is 0.319 e. The van der Waals surface area contributed by atoms with Gasteiger partial charge in [-0.15, -0.1) is 0 Å². The highest BCUT2D eigenvalue weighted by atomic mass is 19.1. The summed E-state index contributed by atoms with van der Waals surface area (Å²) in [6.07, 6.45) is 4.15. The molecular weight excluding hydrogens is 345 g/mol. The molecule has 3 rings (SSSR count). The van der Waals surface area contributed by atoms with E-state index in [0.29, 0.717) is 18.7 Å². The van der Waals surface area contributed by atoms with Crippen LogP contribution in [0, 0.1) is 5.82 Å². The van der Waals surface area contributed by atoms with Crippen LogP contribution in [0.3, 0.4) is 0 Å². The molecule has 2 amide bonds. The summed E-state index contributed by atoms with van der Waals surface area (Å²) in [5.74, 6) is 0.449. The molecule has 0 spiro atoms. The van der Waals surface area contributed by atoms with Crippen molar-refractivity contribution in [3.8, 4) is 5.75 Å². The molecule has 27 heavy (non-hydrogen) atoms. The fourth-order valence-electron chi connectivity index (χ4n) is 3.30. The fraction of sp³-hybridized carbons (Fsp3) is 0.381. The molecule has 5 nitrogen and oxygen atoms in total. The molecule has 1 heterocycles. The third-order valence-electron chi connectivity index (χ3n) is 4.76. The molecule has 1 aliphatic rings. The van der Waals surface area contributed by atoms with Crippen molar-refractivity contribution in [2.45, 2.75) is 25.7 Å². The average molecular weight is 371 g/mol. The van der Waals surface area contributed by atoms with E-state index in [2.05, 4.69) is 15.5 Å². The minimum Gasteiger partial charge on any atom is -0.497 e. The summed E-state index contributed by atoms with van der Waals surface area (Å²) in [6, 6.07) is 12.0. The number of halogens is 1. The number of ether oxygens (including phenoxy) is 1. The monoisotopic (exact) mass is 371 g/mol. The van der Waals surface area contributed by atoms with E-state index >= 15 is 0 Å². The lowest BCUT2D eigenvalue weighted by atomic mass is 10.1. The van der Waals surface area contributed by atoms with E-state index in [4.69, 9.17) is 4.74 Å². The number of methoxy groups -OCH3 is 1. The first-order valence-electron chi connectivity index (χ1n) is 9.38. The number of nitrogens with one attached hydrogen (secondary N) is 2. The van der Waals surface area contributed by atoms with Gasteiger partial charge in [-0.25, -0.2) is 9.18 Å². The predicted octanol–water partition coefficient (Wildman–Crippen LogP) is 4.19. The lowest BCUT2D eigenvalue weighted by Gasteiger charge is -2.30. The van der Waals surface area contributed by atoms with E-state index < -0.39 is 0 Å². The minimum atomic E-state index is -0.357. The quantitative estimate of drug-likeness (QED) is 0.801. The van der Waals surface area contributed by atoms with E-state index in [0.717, 1.165) is 42.9 Å². The molecule has 0 saturated carbocycles. The van der Waals surface area contributed by atoms with Crippen LogP contribution in [0.15, 0.2) is 42.5 Å². The second-order valence-corrected chi connectivity index (χ2v) is 6.69. The summed E-state index contributed by atoms with van der Waals surface area (Å²) in [7, 11) is 1.63. The molecule has 6 heteroatoms. The van der Waals surface area contributed by atoms with Crippen LogP contribution in [0.1, 0.15) is 24.8 Å². The van der Waals surface area contributed by atoms with Crippen molar-refractivity contribution < 1.29 is 13.9 Å². The molecule has 0 unspecified atom stereocenters. The van der Waals surface area contributed by atoms with Crippen LogP contribution < -0.4 is 20.3 Å². The topological polar surface area (TPSA) is 53.6 Å². The lowest BCUT2D eigenvalue weighted by molar-refractivity contribution is 0.252. The van der Waals surface area contributed by atoms with Gasteiger partial charge in [0.15, 0.2) is 0 Å². The van der Waals surface area contributed by atoms with Gasteiger partial charge >= 0.3 is 6.03 Å². The zero-order chi connectivity index (χ0) is 19.1. The van der Waals surface area contributed by atoms with Crippen LogP contribution in [-0.4, -0.2) is 32.8 Å². The smallest absolute Gasteiger partial charge is 0.319 e. The first-order valence-corrected chi connectivity index (χ1v) is 9.38. The van der Waals surface area contributed by atoms with Gasteiger partial charge in [0.25, 0.3) is 0 Å².